The van der Waals surface area contributed by atoms with Crippen molar-refractivity contribution >= 4 is 34.1 Å². The van der Waals surface area contributed by atoms with Crippen LogP contribution in [0.5, 0.6) is 0 Å². The van der Waals surface area contributed by atoms with Crippen LogP contribution in [-0.4, -0.2) is 18.9 Å². The molecule has 5 aromatic rings. The van der Waals surface area contributed by atoms with Crippen molar-refractivity contribution < 1.29 is 18.7 Å². The van der Waals surface area contributed by atoms with Gasteiger partial charge in [0.15, 0.2) is 5.78 Å². The summed E-state index contributed by atoms with van der Waals surface area (Å²) in [4.78, 5) is 26.0. The molecule has 0 aliphatic rings. The van der Waals surface area contributed by atoms with Gasteiger partial charge in [0.2, 0.25) is 0 Å². The van der Waals surface area contributed by atoms with Crippen LogP contribution in [0.3, 0.4) is 0 Å². The first kappa shape index (κ1) is 22.6. The number of methoxy groups -OCH3 is 1. The quantitative estimate of drug-likeness (QED) is 0.188. The molecule has 5 rings (SSSR count). The number of halogens is 1. The maximum atomic E-state index is 13.7. The molecule has 4 nitrogen and oxygen atoms in total. The molecular formula is C30H21ClO4. The maximum absolute atomic E-state index is 13.7. The second kappa shape index (κ2) is 9.61. The molecule has 5 heteroatoms. The molecule has 0 radical (unpaired) electrons. The highest BCUT2D eigenvalue weighted by molar-refractivity contribution is 6.30. The van der Waals surface area contributed by atoms with Gasteiger partial charge in [-0.05, 0) is 70.8 Å². The molecule has 172 valence electrons. The number of benzene rings is 4. The molecule has 0 aliphatic carbocycles. The highest BCUT2D eigenvalue weighted by atomic mass is 35.5. The first-order valence-corrected chi connectivity index (χ1v) is 11.5. The summed E-state index contributed by atoms with van der Waals surface area (Å²) in [5.74, 6) is -0.181. The molecule has 0 spiro atoms. The summed E-state index contributed by atoms with van der Waals surface area (Å²) in [5.41, 5.74) is 4.30. The normalized spacial score (nSPS) is 10.9. The monoisotopic (exact) mass is 480 g/mol. The molecule has 0 aliphatic heterocycles. The number of fused-ring (bicyclic) bond motifs is 1. The minimum Gasteiger partial charge on any atom is -0.465 e. The summed E-state index contributed by atoms with van der Waals surface area (Å²) in [7, 11) is 1.34. The Morgan fingerprint density at radius 1 is 0.829 bits per heavy atom. The van der Waals surface area contributed by atoms with Crippen molar-refractivity contribution in [3.63, 3.8) is 0 Å². The zero-order valence-corrected chi connectivity index (χ0v) is 19.7. The van der Waals surface area contributed by atoms with Crippen molar-refractivity contribution in [3.05, 3.63) is 130 Å². The lowest BCUT2D eigenvalue weighted by molar-refractivity contribution is 0.0601. The van der Waals surface area contributed by atoms with Crippen molar-refractivity contribution in [2.24, 2.45) is 0 Å². The van der Waals surface area contributed by atoms with Gasteiger partial charge in [-0.25, -0.2) is 4.79 Å². The molecule has 0 unspecified atom stereocenters. The van der Waals surface area contributed by atoms with Gasteiger partial charge in [-0.15, -0.1) is 0 Å². The summed E-state index contributed by atoms with van der Waals surface area (Å²) < 4.78 is 10.7. The van der Waals surface area contributed by atoms with Crippen LogP contribution in [-0.2, 0) is 11.2 Å². The molecule has 1 aromatic heterocycles. The van der Waals surface area contributed by atoms with Crippen molar-refractivity contribution in [2.75, 3.05) is 7.11 Å². The molecular weight excluding hydrogens is 460 g/mol. The van der Waals surface area contributed by atoms with E-state index < -0.39 is 5.97 Å². The molecule has 0 atom stereocenters. The Labute approximate surface area is 207 Å². The molecule has 4 aromatic carbocycles. The van der Waals surface area contributed by atoms with E-state index in [0.717, 1.165) is 21.9 Å². The third-order valence-corrected chi connectivity index (χ3v) is 6.28. The van der Waals surface area contributed by atoms with Crippen LogP contribution in [0.25, 0.3) is 22.1 Å². The van der Waals surface area contributed by atoms with Gasteiger partial charge in [-0.3, -0.25) is 4.79 Å². The van der Waals surface area contributed by atoms with E-state index in [0.29, 0.717) is 39.5 Å². The molecule has 0 bridgehead atoms. The van der Waals surface area contributed by atoms with E-state index in [1.807, 2.05) is 42.5 Å². The van der Waals surface area contributed by atoms with E-state index in [-0.39, 0.29) is 5.78 Å². The van der Waals surface area contributed by atoms with Crippen molar-refractivity contribution in [1.29, 1.82) is 0 Å². The fourth-order valence-corrected chi connectivity index (χ4v) is 4.50. The fourth-order valence-electron chi connectivity index (χ4n) is 4.38. The third kappa shape index (κ3) is 4.36. The second-order valence-electron chi connectivity index (χ2n) is 8.15. The average molecular weight is 481 g/mol. The van der Waals surface area contributed by atoms with Crippen LogP contribution < -0.4 is 0 Å². The van der Waals surface area contributed by atoms with Gasteiger partial charge in [-0.1, -0.05) is 60.1 Å². The number of furan rings is 1. The SMILES string of the molecule is COC(=O)c1ccoc1-c1ccc(C(=O)c2ccc(Cl)cc2)c2c(Cc3ccccc3)cccc12. The fraction of sp³-hybridized carbons (Fsp3) is 0.0667. The third-order valence-electron chi connectivity index (χ3n) is 6.03. The molecule has 0 fully saturated rings. The predicted molar refractivity (Wildman–Crippen MR) is 137 cm³/mol. The van der Waals surface area contributed by atoms with Crippen LogP contribution in [0, 0.1) is 0 Å². The lowest BCUT2D eigenvalue weighted by Gasteiger charge is -2.15. The number of ketones is 1. The van der Waals surface area contributed by atoms with Gasteiger partial charge in [0.1, 0.15) is 11.3 Å². The number of hydrogen-bond donors (Lipinski definition) is 0. The minimum absolute atomic E-state index is 0.105. The Hall–Kier alpha value is -4.15. The summed E-state index contributed by atoms with van der Waals surface area (Å²) in [5, 5.41) is 2.21. The maximum Gasteiger partial charge on any atom is 0.341 e. The average Bonchev–Trinajstić information content (AvgIpc) is 3.38. The van der Waals surface area contributed by atoms with Crippen molar-refractivity contribution in [1.82, 2.24) is 0 Å². The van der Waals surface area contributed by atoms with Gasteiger partial charge in [0.25, 0.3) is 0 Å². The summed E-state index contributed by atoms with van der Waals surface area (Å²) >= 11 is 6.04. The number of esters is 1. The number of rotatable bonds is 6. The molecule has 1 heterocycles. The van der Waals surface area contributed by atoms with E-state index in [2.05, 4.69) is 12.1 Å². The number of ether oxygens (including phenoxy) is 1. The van der Waals surface area contributed by atoms with Crippen LogP contribution in [0.4, 0.5) is 0 Å². The zero-order valence-electron chi connectivity index (χ0n) is 19.0. The summed E-state index contributed by atoms with van der Waals surface area (Å²) in [6.45, 7) is 0. The van der Waals surface area contributed by atoms with Gasteiger partial charge < -0.3 is 9.15 Å². The Morgan fingerprint density at radius 3 is 2.34 bits per heavy atom. The number of carbonyl (C=O) groups is 2. The van der Waals surface area contributed by atoms with Gasteiger partial charge >= 0.3 is 5.97 Å². The Kier molecular flexibility index (Phi) is 6.21. The molecule has 0 amide bonds. The first-order chi connectivity index (χ1) is 17.1. The standard InChI is InChI=1S/C30H21ClO4/c1-34-30(33)26-16-17-35-29(26)24-14-15-25(28(32)20-10-12-22(31)13-11-20)27-21(8-5-9-23(24)27)18-19-6-3-2-4-7-19/h2-17H,18H2,1H3. The largest absolute Gasteiger partial charge is 0.465 e. The summed E-state index contributed by atoms with van der Waals surface area (Å²) in [6, 6.07) is 28.1. The van der Waals surface area contributed by atoms with Gasteiger partial charge in [0, 0.05) is 21.7 Å². The minimum atomic E-state index is -0.483. The van der Waals surface area contributed by atoms with Crippen molar-refractivity contribution in [3.8, 4) is 11.3 Å². The predicted octanol–water partition coefficient (Wildman–Crippen LogP) is 7.36. The molecule has 0 N–H and O–H groups in total. The van der Waals surface area contributed by atoms with E-state index in [1.54, 1.807) is 36.4 Å². The van der Waals surface area contributed by atoms with E-state index in [1.165, 1.54) is 13.4 Å². The second-order valence-corrected chi connectivity index (χ2v) is 8.59. The Balaban J connectivity index is 1.75. The van der Waals surface area contributed by atoms with E-state index >= 15 is 0 Å². The van der Waals surface area contributed by atoms with Crippen LogP contribution in [0.1, 0.15) is 37.4 Å². The number of carbonyl (C=O) groups excluding carboxylic acids is 2. The van der Waals surface area contributed by atoms with E-state index in [4.69, 9.17) is 20.8 Å². The molecule has 0 saturated heterocycles. The van der Waals surface area contributed by atoms with Crippen molar-refractivity contribution in [2.45, 2.75) is 6.42 Å². The van der Waals surface area contributed by atoms with Crippen LogP contribution in [0.15, 0.2) is 102 Å². The zero-order chi connectivity index (χ0) is 24.4. The highest BCUT2D eigenvalue weighted by Gasteiger charge is 2.22. The lowest BCUT2D eigenvalue weighted by atomic mass is 9.88. The number of hydrogen-bond acceptors (Lipinski definition) is 4. The lowest BCUT2D eigenvalue weighted by Crippen LogP contribution is -2.05. The summed E-state index contributed by atoms with van der Waals surface area (Å²) in [6.07, 6.45) is 2.11. The molecule has 35 heavy (non-hydrogen) atoms. The highest BCUT2D eigenvalue weighted by Crippen LogP contribution is 2.37. The van der Waals surface area contributed by atoms with E-state index in [9.17, 15) is 9.59 Å². The van der Waals surface area contributed by atoms with Crippen LogP contribution >= 0.6 is 11.6 Å². The Morgan fingerprint density at radius 2 is 1.60 bits per heavy atom. The van der Waals surface area contributed by atoms with Gasteiger partial charge in [0.05, 0.1) is 13.4 Å². The topological polar surface area (TPSA) is 56.5 Å². The van der Waals surface area contributed by atoms with Crippen LogP contribution in [0.2, 0.25) is 5.02 Å². The molecule has 0 saturated carbocycles. The smallest absolute Gasteiger partial charge is 0.341 e. The van der Waals surface area contributed by atoms with Gasteiger partial charge in [-0.2, -0.15) is 0 Å². The Bertz CT molecular complexity index is 1530. The first-order valence-electron chi connectivity index (χ1n) is 11.1.